The second kappa shape index (κ2) is 10.6. The third-order valence-corrected chi connectivity index (χ3v) is 8.36. The van der Waals surface area contributed by atoms with Gasteiger partial charge in [-0.05, 0) is 68.1 Å². The zero-order chi connectivity index (χ0) is 25.9. The number of hydrogen-bond acceptors (Lipinski definition) is 5. The van der Waals surface area contributed by atoms with Crippen molar-refractivity contribution in [3.63, 3.8) is 0 Å². The highest BCUT2D eigenvalue weighted by Gasteiger charge is 2.34. The lowest BCUT2D eigenvalue weighted by Gasteiger charge is -2.21. The number of fused-ring (bicyclic) bond motifs is 1. The molecule has 0 aromatic heterocycles. The minimum atomic E-state index is -3.65. The molecule has 8 heteroatoms. The molecular formula is C28H30N2O5S. The van der Waals surface area contributed by atoms with Gasteiger partial charge in [-0.2, -0.15) is 0 Å². The molecule has 0 saturated carbocycles. The van der Waals surface area contributed by atoms with Crippen molar-refractivity contribution in [1.82, 2.24) is 4.90 Å². The Balaban J connectivity index is 1.33. The molecule has 0 bridgehead atoms. The molecule has 188 valence electrons. The summed E-state index contributed by atoms with van der Waals surface area (Å²) in [5.74, 6) is -0.491. The number of benzene rings is 3. The Kier molecular flexibility index (Phi) is 7.56. The smallest absolute Gasteiger partial charge is 0.264 e. The largest absolute Gasteiger partial charge is 0.381 e. The Morgan fingerprint density at radius 3 is 2.03 bits per heavy atom. The number of hydrogen-bond donors (Lipinski definition) is 0. The highest BCUT2D eigenvalue weighted by molar-refractivity contribution is 7.92. The Hall–Kier alpha value is -3.49. The minimum Gasteiger partial charge on any atom is -0.381 e. The summed E-state index contributed by atoms with van der Waals surface area (Å²) in [6.45, 7) is 2.25. The lowest BCUT2D eigenvalue weighted by atomic mass is 10.0. The number of ether oxygens (including phenoxy) is 1. The van der Waals surface area contributed by atoms with E-state index in [1.165, 1.54) is 9.21 Å². The second-order valence-corrected chi connectivity index (χ2v) is 10.9. The van der Waals surface area contributed by atoms with Crippen LogP contribution in [-0.2, 0) is 21.2 Å². The van der Waals surface area contributed by atoms with Gasteiger partial charge in [-0.1, -0.05) is 42.0 Å². The van der Waals surface area contributed by atoms with Crippen LogP contribution in [0.3, 0.4) is 0 Å². The van der Waals surface area contributed by atoms with Gasteiger partial charge < -0.3 is 4.74 Å². The molecule has 0 radical (unpaired) electrons. The van der Waals surface area contributed by atoms with Crippen molar-refractivity contribution in [2.45, 2.75) is 37.2 Å². The lowest BCUT2D eigenvalue weighted by molar-refractivity contribution is 0.0622. The van der Waals surface area contributed by atoms with Crippen LogP contribution in [0.1, 0.15) is 44.7 Å². The fourth-order valence-corrected chi connectivity index (χ4v) is 5.53. The van der Waals surface area contributed by atoms with Gasteiger partial charge in [0.1, 0.15) is 0 Å². The average molecular weight is 507 g/mol. The number of nitrogens with zero attached hydrogens (tertiary/aromatic N) is 2. The number of anilines is 1. The van der Waals surface area contributed by atoms with Gasteiger partial charge in [-0.15, -0.1) is 0 Å². The number of aryl methyl sites for hydroxylation is 1. The maximum Gasteiger partial charge on any atom is 0.264 e. The summed E-state index contributed by atoms with van der Waals surface area (Å²) in [6.07, 6.45) is 1.83. The van der Waals surface area contributed by atoms with Gasteiger partial charge in [0.25, 0.3) is 21.8 Å². The van der Waals surface area contributed by atoms with Crippen LogP contribution in [0, 0.1) is 6.92 Å². The Morgan fingerprint density at radius 2 is 1.47 bits per heavy atom. The molecule has 1 aliphatic heterocycles. The van der Waals surface area contributed by atoms with E-state index >= 15 is 0 Å². The molecular weight excluding hydrogens is 476 g/mol. The van der Waals surface area contributed by atoms with Gasteiger partial charge in [0.15, 0.2) is 0 Å². The number of imide groups is 1. The predicted molar refractivity (Wildman–Crippen MR) is 139 cm³/mol. The molecule has 1 unspecified atom stereocenters. The molecule has 0 N–H and O–H groups in total. The first kappa shape index (κ1) is 25.6. The molecule has 2 amide bonds. The van der Waals surface area contributed by atoms with Crippen LogP contribution >= 0.6 is 0 Å². The number of carbonyl (C=O) groups excluding carboxylic acids is 2. The highest BCUT2D eigenvalue weighted by Crippen LogP contribution is 2.25. The average Bonchev–Trinajstić information content (AvgIpc) is 3.13. The molecule has 36 heavy (non-hydrogen) atoms. The SMILES string of the molecule is COC(CCCN1C(=O)c2ccccc2C1=O)Cc1ccc(N(C)S(=O)(=O)c2ccc(C)cc2)cc1. The zero-order valence-corrected chi connectivity index (χ0v) is 21.5. The van der Waals surface area contributed by atoms with Crippen LogP contribution in [0.25, 0.3) is 0 Å². The van der Waals surface area contributed by atoms with Crippen LogP contribution in [0.2, 0.25) is 0 Å². The van der Waals surface area contributed by atoms with Crippen LogP contribution in [-0.4, -0.2) is 51.9 Å². The molecule has 1 atom stereocenters. The summed E-state index contributed by atoms with van der Waals surface area (Å²) >= 11 is 0. The van der Waals surface area contributed by atoms with Crippen molar-refractivity contribution in [1.29, 1.82) is 0 Å². The van der Waals surface area contributed by atoms with Crippen molar-refractivity contribution in [2.75, 3.05) is 25.0 Å². The molecule has 0 aliphatic carbocycles. The molecule has 1 aliphatic rings. The summed E-state index contributed by atoms with van der Waals surface area (Å²) in [7, 11) is -0.465. The second-order valence-electron chi connectivity index (χ2n) is 8.96. The minimum absolute atomic E-state index is 0.0972. The summed E-state index contributed by atoms with van der Waals surface area (Å²) in [5.41, 5.74) is 3.49. The molecule has 3 aromatic carbocycles. The van der Waals surface area contributed by atoms with Crippen molar-refractivity contribution < 1.29 is 22.7 Å². The monoisotopic (exact) mass is 506 g/mol. The van der Waals surface area contributed by atoms with E-state index in [1.54, 1.807) is 74.8 Å². The van der Waals surface area contributed by atoms with E-state index in [1.807, 2.05) is 19.1 Å². The molecule has 3 aromatic rings. The van der Waals surface area contributed by atoms with Gasteiger partial charge >= 0.3 is 0 Å². The molecule has 0 spiro atoms. The Labute approximate surface area is 212 Å². The summed E-state index contributed by atoms with van der Waals surface area (Å²) in [6, 6.07) is 21.0. The zero-order valence-electron chi connectivity index (χ0n) is 20.7. The first-order valence-corrected chi connectivity index (χ1v) is 13.3. The van der Waals surface area contributed by atoms with Gasteiger partial charge in [-0.3, -0.25) is 18.8 Å². The number of methoxy groups -OCH3 is 1. The number of rotatable bonds is 10. The maximum absolute atomic E-state index is 13.0. The maximum atomic E-state index is 13.0. The van der Waals surface area contributed by atoms with Crippen LogP contribution < -0.4 is 4.31 Å². The Bertz CT molecular complexity index is 1320. The first-order valence-electron chi connectivity index (χ1n) is 11.8. The van der Waals surface area contributed by atoms with E-state index < -0.39 is 10.0 Å². The number of sulfonamides is 1. The molecule has 4 rings (SSSR count). The molecule has 0 fully saturated rings. The standard InChI is InChI=1S/C28H30N2O5S/c1-20-10-16-24(17-11-20)36(33,34)29(2)22-14-12-21(13-15-22)19-23(35-3)7-6-18-30-27(31)25-8-4-5-9-26(25)28(30)32/h4-5,8-17,23H,6-7,18-19H2,1-3H3. The number of carbonyl (C=O) groups is 2. The molecule has 0 saturated heterocycles. The first-order chi connectivity index (χ1) is 17.2. The topological polar surface area (TPSA) is 84.0 Å². The quantitative estimate of drug-likeness (QED) is 0.379. The molecule has 7 nitrogen and oxygen atoms in total. The fourth-order valence-electron chi connectivity index (χ4n) is 4.33. The van der Waals surface area contributed by atoms with Crippen molar-refractivity contribution >= 4 is 27.5 Å². The van der Waals surface area contributed by atoms with E-state index in [0.29, 0.717) is 42.6 Å². The van der Waals surface area contributed by atoms with E-state index in [0.717, 1.165) is 11.1 Å². The van der Waals surface area contributed by atoms with Crippen molar-refractivity contribution in [3.05, 3.63) is 95.1 Å². The Morgan fingerprint density at radius 1 is 0.889 bits per heavy atom. The third kappa shape index (κ3) is 5.20. The van der Waals surface area contributed by atoms with Crippen molar-refractivity contribution in [3.8, 4) is 0 Å². The fraction of sp³-hybridized carbons (Fsp3) is 0.286. The van der Waals surface area contributed by atoms with Gasteiger partial charge in [0.2, 0.25) is 0 Å². The van der Waals surface area contributed by atoms with Crippen LogP contribution in [0.15, 0.2) is 77.7 Å². The van der Waals surface area contributed by atoms with Gasteiger partial charge in [-0.25, -0.2) is 8.42 Å². The molecule has 1 heterocycles. The van der Waals surface area contributed by atoms with Crippen molar-refractivity contribution in [2.24, 2.45) is 0 Å². The van der Waals surface area contributed by atoms with E-state index in [-0.39, 0.29) is 22.8 Å². The van der Waals surface area contributed by atoms with E-state index in [9.17, 15) is 18.0 Å². The van der Waals surface area contributed by atoms with Crippen LogP contribution in [0.4, 0.5) is 5.69 Å². The normalized spacial score (nSPS) is 14.1. The third-order valence-electron chi connectivity index (χ3n) is 6.56. The highest BCUT2D eigenvalue weighted by atomic mass is 32.2. The van der Waals surface area contributed by atoms with E-state index in [4.69, 9.17) is 4.74 Å². The van der Waals surface area contributed by atoms with E-state index in [2.05, 4.69) is 0 Å². The van der Waals surface area contributed by atoms with Gasteiger partial charge in [0, 0.05) is 20.7 Å². The summed E-state index contributed by atoms with van der Waals surface area (Å²) in [5, 5.41) is 0. The van der Waals surface area contributed by atoms with Crippen LogP contribution in [0.5, 0.6) is 0 Å². The lowest BCUT2D eigenvalue weighted by Crippen LogP contribution is -2.31. The number of amides is 2. The predicted octanol–water partition coefficient (Wildman–Crippen LogP) is 4.45. The summed E-state index contributed by atoms with van der Waals surface area (Å²) in [4.78, 5) is 26.6. The van der Waals surface area contributed by atoms with Gasteiger partial charge in [0.05, 0.1) is 27.8 Å². The summed E-state index contributed by atoms with van der Waals surface area (Å²) < 4.78 is 32.8.